The van der Waals surface area contributed by atoms with E-state index in [9.17, 15) is 0 Å². The van der Waals surface area contributed by atoms with Gasteiger partial charge < -0.3 is 9.69 Å². The average Bonchev–Trinajstić information content (AvgIpc) is 1.80. The van der Waals surface area contributed by atoms with E-state index in [2.05, 4.69) is 9.69 Å². The van der Waals surface area contributed by atoms with E-state index >= 15 is 0 Å². The molecule has 0 spiro atoms. The Labute approximate surface area is 62.5 Å². The van der Waals surface area contributed by atoms with Crippen LogP contribution in [0, 0.1) is 18.6 Å². The first-order chi connectivity index (χ1) is 4.52. The fraction of sp³-hybridized carbons (Fsp3) is 0.750. The van der Waals surface area contributed by atoms with Gasteiger partial charge in [0.1, 0.15) is 0 Å². The molecule has 0 heterocycles. The Kier molecular flexibility index (Phi) is 2.90. The smallest absolute Gasteiger partial charge is 0.298 e. The van der Waals surface area contributed by atoms with Crippen molar-refractivity contribution >= 4 is 0 Å². The van der Waals surface area contributed by atoms with E-state index in [-0.39, 0.29) is 11.5 Å². The molecule has 0 aromatic rings. The zero-order valence-electron chi connectivity index (χ0n) is 6.68. The maximum atomic E-state index is 6.80. The molecule has 10 heavy (non-hydrogen) atoms. The lowest BCUT2D eigenvalue weighted by Gasteiger charge is -2.15. The molecule has 0 radical (unpaired) electrons. The zero-order chi connectivity index (χ0) is 8.20. The number of rotatable bonds is 1. The second-order valence-corrected chi connectivity index (χ2v) is 3.35. The quantitative estimate of drug-likeness (QED) is 0.489. The maximum Gasteiger partial charge on any atom is 0.298 e. The highest BCUT2D eigenvalue weighted by Crippen LogP contribution is 2.22. The Balaban J connectivity index is 4.14. The standard InChI is InChI=1S/C8H12N2/c1-8(2,3)7(10-5)6-9-4/h7H,6H2,1-3H3/t7-/m1/s1. The molecule has 0 amide bonds. The molecule has 0 rings (SSSR count). The zero-order valence-corrected chi connectivity index (χ0v) is 6.68. The van der Waals surface area contributed by atoms with Crippen LogP contribution in [0.4, 0.5) is 0 Å². The van der Waals surface area contributed by atoms with Crippen molar-refractivity contribution in [3.63, 3.8) is 0 Å². The minimum Gasteiger partial charge on any atom is -0.308 e. The van der Waals surface area contributed by atoms with E-state index in [0.717, 1.165) is 0 Å². The molecule has 54 valence electrons. The Morgan fingerprint density at radius 3 is 1.90 bits per heavy atom. The Morgan fingerprint density at radius 2 is 1.80 bits per heavy atom. The predicted octanol–water partition coefficient (Wildman–Crippen LogP) is 2.24. The summed E-state index contributed by atoms with van der Waals surface area (Å²) >= 11 is 0. The van der Waals surface area contributed by atoms with Gasteiger partial charge >= 0.3 is 0 Å². The highest BCUT2D eigenvalue weighted by molar-refractivity contribution is 4.94. The van der Waals surface area contributed by atoms with E-state index in [4.69, 9.17) is 13.1 Å². The lowest BCUT2D eigenvalue weighted by molar-refractivity contribution is 0.371. The van der Waals surface area contributed by atoms with Crippen LogP contribution in [-0.2, 0) is 0 Å². The minimum atomic E-state index is -0.148. The summed E-state index contributed by atoms with van der Waals surface area (Å²) in [6.07, 6.45) is 0. The van der Waals surface area contributed by atoms with Crippen molar-refractivity contribution < 1.29 is 0 Å². The molecule has 0 unspecified atom stereocenters. The van der Waals surface area contributed by atoms with Gasteiger partial charge in [-0.2, -0.15) is 0 Å². The second kappa shape index (κ2) is 3.22. The molecular weight excluding hydrogens is 124 g/mol. The molecule has 2 nitrogen and oxygen atoms in total. The van der Waals surface area contributed by atoms with Crippen LogP contribution < -0.4 is 0 Å². The second-order valence-electron chi connectivity index (χ2n) is 3.35. The van der Waals surface area contributed by atoms with Crippen molar-refractivity contribution in [2.75, 3.05) is 6.54 Å². The van der Waals surface area contributed by atoms with Gasteiger partial charge in [0, 0.05) is 5.41 Å². The molecule has 0 saturated carbocycles. The Morgan fingerprint density at radius 1 is 1.30 bits per heavy atom. The van der Waals surface area contributed by atoms with Crippen molar-refractivity contribution in [3.05, 3.63) is 22.8 Å². The topological polar surface area (TPSA) is 8.72 Å². The van der Waals surface area contributed by atoms with Crippen molar-refractivity contribution in [2.24, 2.45) is 5.41 Å². The van der Waals surface area contributed by atoms with Gasteiger partial charge in [-0.1, -0.05) is 20.8 Å². The minimum absolute atomic E-state index is 0.0493. The van der Waals surface area contributed by atoms with Gasteiger partial charge in [-0.15, -0.1) is 0 Å². The van der Waals surface area contributed by atoms with Gasteiger partial charge in [-0.25, -0.2) is 13.1 Å². The van der Waals surface area contributed by atoms with Gasteiger partial charge in [0.15, 0.2) is 0 Å². The summed E-state index contributed by atoms with van der Waals surface area (Å²) in [6.45, 7) is 19.7. The lowest BCUT2D eigenvalue weighted by Crippen LogP contribution is -2.25. The molecular formula is C8H12N2. The van der Waals surface area contributed by atoms with Crippen LogP contribution in [0.5, 0.6) is 0 Å². The SMILES string of the molecule is [C-]#[N+]C[C@@H]([N+]#[C-])C(C)(C)C. The molecule has 0 aliphatic heterocycles. The molecule has 0 fully saturated rings. The summed E-state index contributed by atoms with van der Waals surface area (Å²) in [4.78, 5) is 6.59. The van der Waals surface area contributed by atoms with Crippen LogP contribution in [0.3, 0.4) is 0 Å². The summed E-state index contributed by atoms with van der Waals surface area (Å²) in [5, 5.41) is 0. The van der Waals surface area contributed by atoms with Crippen LogP contribution in [0.2, 0.25) is 0 Å². The third kappa shape index (κ3) is 2.51. The highest BCUT2D eigenvalue weighted by Gasteiger charge is 2.32. The van der Waals surface area contributed by atoms with E-state index in [1.807, 2.05) is 20.8 Å². The number of hydrogen-bond acceptors (Lipinski definition) is 0. The van der Waals surface area contributed by atoms with Crippen LogP contribution >= 0.6 is 0 Å². The predicted molar refractivity (Wildman–Crippen MR) is 41.3 cm³/mol. The highest BCUT2D eigenvalue weighted by atomic mass is 14.8. The van der Waals surface area contributed by atoms with Crippen molar-refractivity contribution in [1.29, 1.82) is 0 Å². The average molecular weight is 136 g/mol. The summed E-state index contributed by atoms with van der Waals surface area (Å²) in [5.41, 5.74) is -0.0493. The molecule has 2 heteroatoms. The number of hydrogen-bond donors (Lipinski definition) is 0. The Hall–Kier alpha value is -1.02. The molecule has 0 aromatic carbocycles. The molecule has 1 atom stereocenters. The summed E-state index contributed by atoms with van der Waals surface area (Å²) < 4.78 is 0. The van der Waals surface area contributed by atoms with E-state index in [1.54, 1.807) is 0 Å². The van der Waals surface area contributed by atoms with E-state index < -0.39 is 0 Å². The Bertz CT molecular complexity index is 175. The molecule has 0 aliphatic rings. The van der Waals surface area contributed by atoms with Gasteiger partial charge in [0.25, 0.3) is 12.6 Å². The molecule has 0 aromatic heterocycles. The third-order valence-corrected chi connectivity index (χ3v) is 1.42. The van der Waals surface area contributed by atoms with Gasteiger partial charge in [-0.3, -0.25) is 0 Å². The maximum absolute atomic E-state index is 6.80. The molecule has 0 bridgehead atoms. The van der Waals surface area contributed by atoms with Crippen LogP contribution in [-0.4, -0.2) is 12.6 Å². The van der Waals surface area contributed by atoms with Gasteiger partial charge in [0.2, 0.25) is 0 Å². The fourth-order valence-corrected chi connectivity index (χ4v) is 0.595. The largest absolute Gasteiger partial charge is 0.308 e. The van der Waals surface area contributed by atoms with Crippen molar-refractivity contribution in [3.8, 4) is 0 Å². The van der Waals surface area contributed by atoms with Crippen molar-refractivity contribution in [2.45, 2.75) is 26.8 Å². The van der Waals surface area contributed by atoms with Crippen molar-refractivity contribution in [1.82, 2.24) is 0 Å². The van der Waals surface area contributed by atoms with Gasteiger partial charge in [-0.05, 0) is 0 Å². The molecule has 0 aliphatic carbocycles. The first kappa shape index (κ1) is 8.98. The number of nitrogens with zero attached hydrogens (tertiary/aromatic N) is 2. The normalized spacial score (nSPS) is 13.3. The van der Waals surface area contributed by atoms with Crippen LogP contribution in [0.1, 0.15) is 20.8 Å². The van der Waals surface area contributed by atoms with Gasteiger partial charge in [0.05, 0.1) is 0 Å². The summed E-state index contributed by atoms with van der Waals surface area (Å²) in [7, 11) is 0. The lowest BCUT2D eigenvalue weighted by atomic mass is 9.87. The third-order valence-electron chi connectivity index (χ3n) is 1.42. The van der Waals surface area contributed by atoms with Crippen LogP contribution in [0.25, 0.3) is 9.69 Å². The van der Waals surface area contributed by atoms with Crippen LogP contribution in [0.15, 0.2) is 0 Å². The monoisotopic (exact) mass is 136 g/mol. The molecule has 0 saturated heterocycles. The van der Waals surface area contributed by atoms with E-state index in [1.165, 1.54) is 0 Å². The fourth-order valence-electron chi connectivity index (χ4n) is 0.595. The summed E-state index contributed by atoms with van der Waals surface area (Å²) in [6, 6.07) is -0.148. The first-order valence-electron chi connectivity index (χ1n) is 3.22. The first-order valence-corrected chi connectivity index (χ1v) is 3.22. The van der Waals surface area contributed by atoms with E-state index in [0.29, 0.717) is 6.54 Å². The molecule has 0 N–H and O–H groups in total. The summed E-state index contributed by atoms with van der Waals surface area (Å²) in [5.74, 6) is 0.